The van der Waals surface area contributed by atoms with Crippen molar-refractivity contribution >= 4 is 16.8 Å². The maximum absolute atomic E-state index is 12.3. The van der Waals surface area contributed by atoms with Gasteiger partial charge in [0.1, 0.15) is 5.75 Å². The number of nitrogens with one attached hydrogen (secondary N) is 1. The van der Waals surface area contributed by atoms with E-state index >= 15 is 0 Å². The van der Waals surface area contributed by atoms with Gasteiger partial charge in [-0.1, -0.05) is 6.92 Å². The van der Waals surface area contributed by atoms with Gasteiger partial charge in [0.2, 0.25) is 5.91 Å². The number of methoxy groups -OCH3 is 1. The first kappa shape index (κ1) is 21.4. The molecule has 1 aliphatic heterocycles. The number of benzene rings is 1. The molecule has 1 aromatic carbocycles. The molecule has 4 rings (SSSR count). The summed E-state index contributed by atoms with van der Waals surface area (Å²) in [4.78, 5) is 14.7. The number of aromatic nitrogens is 3. The third kappa shape index (κ3) is 4.19. The molecule has 0 radical (unpaired) electrons. The average Bonchev–Trinajstić information content (AvgIpc) is 3.43. The van der Waals surface area contributed by atoms with E-state index in [1.54, 1.807) is 7.11 Å². The molecule has 0 saturated carbocycles. The van der Waals surface area contributed by atoms with Gasteiger partial charge in [-0.05, 0) is 37.6 Å². The molecule has 166 valence electrons. The van der Waals surface area contributed by atoms with Gasteiger partial charge in [0.15, 0.2) is 0 Å². The van der Waals surface area contributed by atoms with E-state index in [1.165, 1.54) is 22.0 Å². The molecule has 7 nitrogen and oxygen atoms in total. The van der Waals surface area contributed by atoms with Crippen molar-refractivity contribution < 1.29 is 9.53 Å². The van der Waals surface area contributed by atoms with Crippen molar-refractivity contribution in [1.82, 2.24) is 24.6 Å². The lowest BCUT2D eigenvalue weighted by Gasteiger charge is -2.19. The van der Waals surface area contributed by atoms with E-state index < -0.39 is 0 Å². The third-order valence-electron chi connectivity index (χ3n) is 6.46. The number of hydrogen-bond donors (Lipinski definition) is 1. The summed E-state index contributed by atoms with van der Waals surface area (Å²) in [5.74, 6) is 1.17. The van der Waals surface area contributed by atoms with Crippen LogP contribution in [0.25, 0.3) is 10.9 Å². The Labute approximate surface area is 184 Å². The molecule has 3 heterocycles. The Morgan fingerprint density at radius 3 is 2.74 bits per heavy atom. The molecule has 1 fully saturated rings. The average molecular weight is 424 g/mol. The normalized spacial score (nSPS) is 19.3. The molecule has 1 amide bonds. The molecule has 3 aromatic rings. The molecule has 7 heteroatoms. The predicted octanol–water partition coefficient (Wildman–Crippen LogP) is 3.21. The van der Waals surface area contributed by atoms with E-state index in [9.17, 15) is 4.79 Å². The van der Waals surface area contributed by atoms with Crippen LogP contribution in [0.2, 0.25) is 0 Å². The first-order valence-corrected chi connectivity index (χ1v) is 11.1. The standard InChI is InChI=1S/C24H33N5O2/c1-6-24(30)25-22-15-28(11-17-12-29(7-2)26-16(17)3)14-21(22)20-13-27(4)23-9-8-18(31-5)10-19(20)23/h8-10,12-13,21-22H,6-7,11,14-15H2,1-5H3,(H,25,30)/t21-,22+/m1/s1. The molecule has 0 spiro atoms. The van der Waals surface area contributed by atoms with Crippen LogP contribution in [0, 0.1) is 6.92 Å². The first-order chi connectivity index (χ1) is 14.9. The Balaban J connectivity index is 1.66. The number of carbonyl (C=O) groups is 1. The summed E-state index contributed by atoms with van der Waals surface area (Å²) in [6.07, 6.45) is 4.85. The minimum absolute atomic E-state index is 0.0748. The number of fused-ring (bicyclic) bond motifs is 1. The van der Waals surface area contributed by atoms with E-state index in [-0.39, 0.29) is 17.9 Å². The van der Waals surface area contributed by atoms with Crippen molar-refractivity contribution in [3.8, 4) is 5.75 Å². The fourth-order valence-corrected chi connectivity index (χ4v) is 4.73. The molecular formula is C24H33N5O2. The van der Waals surface area contributed by atoms with Gasteiger partial charge in [-0.25, -0.2) is 0 Å². The van der Waals surface area contributed by atoms with Gasteiger partial charge in [0.05, 0.1) is 12.8 Å². The van der Waals surface area contributed by atoms with Gasteiger partial charge in [0.25, 0.3) is 0 Å². The molecule has 0 bridgehead atoms. The Morgan fingerprint density at radius 1 is 1.26 bits per heavy atom. The highest BCUT2D eigenvalue weighted by molar-refractivity contribution is 5.86. The highest BCUT2D eigenvalue weighted by atomic mass is 16.5. The van der Waals surface area contributed by atoms with Crippen LogP contribution >= 0.6 is 0 Å². The Bertz CT molecular complexity index is 1080. The second-order valence-corrected chi connectivity index (χ2v) is 8.50. The molecule has 0 unspecified atom stereocenters. The minimum atomic E-state index is 0.0748. The van der Waals surface area contributed by atoms with Crippen molar-refractivity contribution in [3.05, 3.63) is 47.4 Å². The predicted molar refractivity (Wildman–Crippen MR) is 122 cm³/mol. The molecule has 1 saturated heterocycles. The second-order valence-electron chi connectivity index (χ2n) is 8.50. The van der Waals surface area contributed by atoms with Crippen LogP contribution in [-0.2, 0) is 24.9 Å². The Morgan fingerprint density at radius 2 is 2.06 bits per heavy atom. The van der Waals surface area contributed by atoms with Crippen LogP contribution in [0.5, 0.6) is 5.75 Å². The molecule has 1 N–H and O–H groups in total. The van der Waals surface area contributed by atoms with Crippen molar-refractivity contribution in [2.24, 2.45) is 7.05 Å². The van der Waals surface area contributed by atoms with Crippen LogP contribution < -0.4 is 10.1 Å². The summed E-state index contributed by atoms with van der Waals surface area (Å²) >= 11 is 0. The number of hydrogen-bond acceptors (Lipinski definition) is 4. The molecular weight excluding hydrogens is 390 g/mol. The molecule has 2 aromatic heterocycles. The van der Waals surface area contributed by atoms with Crippen LogP contribution in [0.1, 0.15) is 43.0 Å². The summed E-state index contributed by atoms with van der Waals surface area (Å²) < 4.78 is 9.64. The van der Waals surface area contributed by atoms with E-state index in [1.807, 2.05) is 17.7 Å². The highest BCUT2D eigenvalue weighted by Gasteiger charge is 2.36. The van der Waals surface area contributed by atoms with Gasteiger partial charge >= 0.3 is 0 Å². The summed E-state index contributed by atoms with van der Waals surface area (Å²) in [6.45, 7) is 9.51. The summed E-state index contributed by atoms with van der Waals surface area (Å²) in [5.41, 5.74) is 4.77. The summed E-state index contributed by atoms with van der Waals surface area (Å²) in [5, 5.41) is 9.07. The number of rotatable bonds is 7. The zero-order valence-electron chi connectivity index (χ0n) is 19.2. The lowest BCUT2D eigenvalue weighted by molar-refractivity contribution is -0.121. The van der Waals surface area contributed by atoms with Crippen LogP contribution in [-0.4, -0.2) is 51.4 Å². The number of aryl methyl sites for hydroxylation is 3. The number of carbonyl (C=O) groups excluding carboxylic acids is 1. The quantitative estimate of drug-likeness (QED) is 0.634. The van der Waals surface area contributed by atoms with Gasteiger partial charge in [-0.2, -0.15) is 5.10 Å². The van der Waals surface area contributed by atoms with Gasteiger partial charge in [-0.15, -0.1) is 0 Å². The molecule has 1 aliphatic rings. The second kappa shape index (κ2) is 8.75. The van der Waals surface area contributed by atoms with E-state index in [2.05, 4.69) is 65.3 Å². The fraction of sp³-hybridized carbons (Fsp3) is 0.500. The summed E-state index contributed by atoms with van der Waals surface area (Å²) in [7, 11) is 3.78. The SMILES string of the molecule is CCC(=O)N[C@H]1CN(Cc2cn(CC)nc2C)C[C@@H]1c1cn(C)c2ccc(OC)cc12. The Hall–Kier alpha value is -2.80. The lowest BCUT2D eigenvalue weighted by atomic mass is 9.93. The van der Waals surface area contributed by atoms with Crippen LogP contribution in [0.3, 0.4) is 0 Å². The molecule has 2 atom stereocenters. The number of ether oxygens (including phenoxy) is 1. The van der Waals surface area contributed by atoms with Crippen molar-refractivity contribution in [1.29, 1.82) is 0 Å². The van der Waals surface area contributed by atoms with E-state index in [4.69, 9.17) is 4.74 Å². The monoisotopic (exact) mass is 423 g/mol. The third-order valence-corrected chi connectivity index (χ3v) is 6.46. The number of likely N-dealkylation sites (tertiary alicyclic amines) is 1. The largest absolute Gasteiger partial charge is 0.497 e. The zero-order valence-corrected chi connectivity index (χ0v) is 19.2. The van der Waals surface area contributed by atoms with Crippen LogP contribution in [0.15, 0.2) is 30.6 Å². The zero-order chi connectivity index (χ0) is 22.1. The maximum atomic E-state index is 12.3. The van der Waals surface area contributed by atoms with Crippen molar-refractivity contribution in [3.63, 3.8) is 0 Å². The number of nitrogens with zero attached hydrogens (tertiary/aromatic N) is 4. The topological polar surface area (TPSA) is 64.3 Å². The smallest absolute Gasteiger partial charge is 0.219 e. The van der Waals surface area contributed by atoms with Gasteiger partial charge in [0, 0.05) is 80.5 Å². The lowest BCUT2D eigenvalue weighted by Crippen LogP contribution is -2.39. The van der Waals surface area contributed by atoms with Crippen molar-refractivity contribution in [2.75, 3.05) is 20.2 Å². The first-order valence-electron chi connectivity index (χ1n) is 11.1. The Kier molecular flexibility index (Phi) is 6.05. The van der Waals surface area contributed by atoms with Crippen LogP contribution in [0.4, 0.5) is 0 Å². The minimum Gasteiger partial charge on any atom is -0.497 e. The van der Waals surface area contributed by atoms with E-state index in [0.717, 1.165) is 37.6 Å². The maximum Gasteiger partial charge on any atom is 0.219 e. The van der Waals surface area contributed by atoms with Gasteiger partial charge < -0.3 is 14.6 Å². The van der Waals surface area contributed by atoms with Gasteiger partial charge in [-0.3, -0.25) is 14.4 Å². The molecule has 0 aliphatic carbocycles. The number of amides is 1. The fourth-order valence-electron chi connectivity index (χ4n) is 4.73. The summed E-state index contributed by atoms with van der Waals surface area (Å²) in [6, 6.07) is 6.29. The van der Waals surface area contributed by atoms with Crippen molar-refractivity contribution in [2.45, 2.75) is 52.2 Å². The highest BCUT2D eigenvalue weighted by Crippen LogP contribution is 2.36. The van der Waals surface area contributed by atoms with E-state index in [0.29, 0.717) is 6.42 Å². The molecule has 31 heavy (non-hydrogen) atoms.